The fraction of sp³-hybridized carbons (Fsp3) is 0.188. The number of nitrogens with one attached hydrogen (secondary N) is 1. The Morgan fingerprint density at radius 2 is 1.86 bits per heavy atom. The van der Waals surface area contributed by atoms with E-state index in [-0.39, 0.29) is 17.5 Å². The van der Waals surface area contributed by atoms with Crippen LogP contribution in [0.2, 0.25) is 5.02 Å². The Hall–Kier alpha value is -2.27. The summed E-state index contributed by atoms with van der Waals surface area (Å²) in [6, 6.07) is 9.19. The highest BCUT2D eigenvalue weighted by atomic mass is 35.5. The lowest BCUT2D eigenvalue weighted by Crippen LogP contribution is -2.22. The molecule has 0 saturated carbocycles. The van der Waals surface area contributed by atoms with Crippen LogP contribution in [0.25, 0.3) is 0 Å². The van der Waals surface area contributed by atoms with Crippen LogP contribution >= 0.6 is 11.6 Å². The van der Waals surface area contributed by atoms with Gasteiger partial charge in [-0.25, -0.2) is 4.39 Å². The smallest absolute Gasteiger partial charge is 0.251 e. The molecular formula is C16H15ClFNO3. The number of hydrogen-bond donors (Lipinski definition) is 1. The van der Waals surface area contributed by atoms with Crippen LogP contribution in [0.5, 0.6) is 11.5 Å². The van der Waals surface area contributed by atoms with E-state index in [9.17, 15) is 9.18 Å². The minimum absolute atomic E-state index is 0.0258. The van der Waals surface area contributed by atoms with E-state index < -0.39 is 5.82 Å². The first-order valence-electron chi connectivity index (χ1n) is 6.49. The normalized spacial score (nSPS) is 10.2. The quantitative estimate of drug-likeness (QED) is 0.917. The van der Waals surface area contributed by atoms with Crippen LogP contribution in [-0.2, 0) is 6.54 Å². The zero-order valence-corrected chi connectivity index (χ0v) is 12.9. The number of benzene rings is 2. The highest BCUT2D eigenvalue weighted by Crippen LogP contribution is 2.27. The van der Waals surface area contributed by atoms with E-state index >= 15 is 0 Å². The SMILES string of the molecule is COc1ccc(C(=O)NCc2ccc(F)c(Cl)c2)cc1OC. The van der Waals surface area contributed by atoms with E-state index in [1.54, 1.807) is 24.3 Å². The first-order chi connectivity index (χ1) is 10.5. The molecule has 1 amide bonds. The van der Waals surface area contributed by atoms with E-state index in [1.807, 2.05) is 0 Å². The molecule has 0 spiro atoms. The number of carbonyl (C=O) groups is 1. The molecule has 0 saturated heterocycles. The van der Waals surface area contributed by atoms with Crippen LogP contribution < -0.4 is 14.8 Å². The minimum Gasteiger partial charge on any atom is -0.493 e. The zero-order valence-electron chi connectivity index (χ0n) is 12.2. The molecule has 0 radical (unpaired) electrons. The maximum absolute atomic E-state index is 13.1. The Labute approximate surface area is 132 Å². The Kier molecular flexibility index (Phi) is 5.22. The first-order valence-corrected chi connectivity index (χ1v) is 6.87. The Balaban J connectivity index is 2.07. The molecule has 116 valence electrons. The molecule has 0 atom stereocenters. The van der Waals surface area contributed by atoms with Crippen molar-refractivity contribution in [2.45, 2.75) is 6.54 Å². The summed E-state index contributed by atoms with van der Waals surface area (Å²) in [7, 11) is 3.02. The van der Waals surface area contributed by atoms with Gasteiger partial charge in [-0.1, -0.05) is 17.7 Å². The zero-order chi connectivity index (χ0) is 16.1. The third kappa shape index (κ3) is 3.68. The van der Waals surface area contributed by atoms with Crippen LogP contribution in [0.3, 0.4) is 0 Å². The van der Waals surface area contributed by atoms with Crippen molar-refractivity contribution in [2.75, 3.05) is 14.2 Å². The lowest BCUT2D eigenvalue weighted by molar-refractivity contribution is 0.0950. The largest absolute Gasteiger partial charge is 0.493 e. The highest BCUT2D eigenvalue weighted by molar-refractivity contribution is 6.30. The summed E-state index contributed by atoms with van der Waals surface area (Å²) in [6.07, 6.45) is 0. The van der Waals surface area contributed by atoms with E-state index in [4.69, 9.17) is 21.1 Å². The molecule has 6 heteroatoms. The van der Waals surface area contributed by atoms with Crippen molar-refractivity contribution in [1.82, 2.24) is 5.32 Å². The van der Waals surface area contributed by atoms with Gasteiger partial charge >= 0.3 is 0 Å². The molecule has 2 aromatic carbocycles. The predicted molar refractivity (Wildman–Crippen MR) is 82.1 cm³/mol. The third-order valence-electron chi connectivity index (χ3n) is 3.08. The lowest BCUT2D eigenvalue weighted by atomic mass is 10.1. The first kappa shape index (κ1) is 16.1. The summed E-state index contributed by atoms with van der Waals surface area (Å²) in [6.45, 7) is 0.243. The molecular weight excluding hydrogens is 309 g/mol. The summed E-state index contributed by atoms with van der Waals surface area (Å²) in [4.78, 5) is 12.1. The molecule has 0 unspecified atom stereocenters. The molecule has 0 aliphatic rings. The number of carbonyl (C=O) groups excluding carboxylic acids is 1. The van der Waals surface area contributed by atoms with Gasteiger partial charge in [-0.2, -0.15) is 0 Å². The lowest BCUT2D eigenvalue weighted by Gasteiger charge is -2.10. The van der Waals surface area contributed by atoms with Crippen LogP contribution in [0, 0.1) is 5.82 Å². The standard InChI is InChI=1S/C16H15ClFNO3/c1-21-14-6-4-11(8-15(14)22-2)16(20)19-9-10-3-5-13(18)12(17)7-10/h3-8H,9H2,1-2H3,(H,19,20). The summed E-state index contributed by atoms with van der Waals surface area (Å²) >= 11 is 5.70. The molecule has 0 aliphatic carbocycles. The van der Waals surface area contributed by atoms with Crippen molar-refractivity contribution < 1.29 is 18.7 Å². The number of hydrogen-bond acceptors (Lipinski definition) is 3. The average Bonchev–Trinajstić information content (AvgIpc) is 2.54. The van der Waals surface area contributed by atoms with E-state index in [1.165, 1.54) is 26.4 Å². The molecule has 22 heavy (non-hydrogen) atoms. The van der Waals surface area contributed by atoms with Gasteiger partial charge in [0.1, 0.15) is 5.82 Å². The maximum atomic E-state index is 13.1. The minimum atomic E-state index is -0.489. The van der Waals surface area contributed by atoms with Gasteiger partial charge in [0.15, 0.2) is 11.5 Å². The second-order valence-corrected chi connectivity index (χ2v) is 4.91. The molecule has 0 aliphatic heterocycles. The van der Waals surface area contributed by atoms with Crippen LogP contribution in [-0.4, -0.2) is 20.1 Å². The molecule has 0 bridgehead atoms. The van der Waals surface area contributed by atoms with Crippen molar-refractivity contribution in [3.63, 3.8) is 0 Å². The van der Waals surface area contributed by atoms with E-state index in [0.717, 1.165) is 0 Å². The fourth-order valence-corrected chi connectivity index (χ4v) is 2.11. The third-order valence-corrected chi connectivity index (χ3v) is 3.37. The monoisotopic (exact) mass is 323 g/mol. The summed E-state index contributed by atoms with van der Waals surface area (Å²) < 4.78 is 23.3. The maximum Gasteiger partial charge on any atom is 0.251 e. The Bertz CT molecular complexity index is 691. The number of amides is 1. The average molecular weight is 324 g/mol. The Morgan fingerprint density at radius 3 is 2.50 bits per heavy atom. The van der Waals surface area contributed by atoms with E-state index in [0.29, 0.717) is 22.6 Å². The summed E-state index contributed by atoms with van der Waals surface area (Å²) in [5, 5.41) is 2.76. The molecule has 2 rings (SSSR count). The summed E-state index contributed by atoms with van der Waals surface area (Å²) in [5.74, 6) is 0.252. The van der Waals surface area contributed by atoms with Gasteiger partial charge in [-0.05, 0) is 35.9 Å². The molecule has 0 fully saturated rings. The second kappa shape index (κ2) is 7.13. The fourth-order valence-electron chi connectivity index (χ4n) is 1.91. The van der Waals surface area contributed by atoms with Gasteiger partial charge < -0.3 is 14.8 Å². The van der Waals surface area contributed by atoms with E-state index in [2.05, 4.69) is 5.32 Å². The molecule has 1 N–H and O–H groups in total. The number of methoxy groups -OCH3 is 2. The van der Waals surface area contributed by atoms with Crippen molar-refractivity contribution in [1.29, 1.82) is 0 Å². The number of halogens is 2. The van der Waals surface area contributed by atoms with Gasteiger partial charge in [0.25, 0.3) is 5.91 Å². The molecule has 0 heterocycles. The molecule has 2 aromatic rings. The number of ether oxygens (including phenoxy) is 2. The van der Waals surface area contributed by atoms with Crippen LogP contribution in [0.4, 0.5) is 4.39 Å². The van der Waals surface area contributed by atoms with Crippen molar-refractivity contribution in [3.8, 4) is 11.5 Å². The predicted octanol–water partition coefficient (Wildman–Crippen LogP) is 3.43. The van der Waals surface area contributed by atoms with Crippen LogP contribution in [0.15, 0.2) is 36.4 Å². The molecule has 0 aromatic heterocycles. The molecule has 4 nitrogen and oxygen atoms in total. The Morgan fingerprint density at radius 1 is 1.14 bits per heavy atom. The van der Waals surface area contributed by atoms with Gasteiger partial charge in [0.2, 0.25) is 0 Å². The topological polar surface area (TPSA) is 47.6 Å². The highest BCUT2D eigenvalue weighted by Gasteiger charge is 2.11. The second-order valence-electron chi connectivity index (χ2n) is 4.50. The van der Waals surface area contributed by atoms with Crippen LogP contribution in [0.1, 0.15) is 15.9 Å². The van der Waals surface area contributed by atoms with Gasteiger partial charge in [-0.15, -0.1) is 0 Å². The van der Waals surface area contributed by atoms with Gasteiger partial charge in [0, 0.05) is 12.1 Å². The van der Waals surface area contributed by atoms with Gasteiger partial charge in [-0.3, -0.25) is 4.79 Å². The number of rotatable bonds is 5. The summed E-state index contributed by atoms with van der Waals surface area (Å²) in [5.41, 5.74) is 1.14. The van der Waals surface area contributed by atoms with Crippen molar-refractivity contribution in [3.05, 3.63) is 58.4 Å². The van der Waals surface area contributed by atoms with Crippen molar-refractivity contribution >= 4 is 17.5 Å². The van der Waals surface area contributed by atoms with Gasteiger partial charge in [0.05, 0.1) is 19.2 Å². The van der Waals surface area contributed by atoms with Crippen molar-refractivity contribution in [2.24, 2.45) is 0 Å².